The lowest BCUT2D eigenvalue weighted by atomic mass is 9.83. The summed E-state index contributed by atoms with van der Waals surface area (Å²) in [6.07, 6.45) is 15.7. The van der Waals surface area contributed by atoms with E-state index in [1.54, 1.807) is 0 Å². The third kappa shape index (κ3) is 5.22. The number of hydrogen-bond acceptors (Lipinski definition) is 0. The second-order valence-electron chi connectivity index (χ2n) is 4.46. The topological polar surface area (TPSA) is 0 Å². The minimum absolute atomic E-state index is 0.771. The standard InChI is InChI=1S/C14H21Cl/c1-3-5-14(15)7-4-6-13-10-8-12(2)9-11-13/h3-7,12-13H,8-11H2,1-2H3/b5-3-,6-4+,14-7+. The van der Waals surface area contributed by atoms with Crippen molar-refractivity contribution in [1.82, 2.24) is 0 Å². The van der Waals surface area contributed by atoms with Gasteiger partial charge in [-0.15, -0.1) is 0 Å². The van der Waals surface area contributed by atoms with Crippen molar-refractivity contribution in [3.8, 4) is 0 Å². The molecule has 1 saturated carbocycles. The Hall–Kier alpha value is -0.490. The first kappa shape index (κ1) is 12.6. The number of hydrogen-bond donors (Lipinski definition) is 0. The first-order valence-electron chi connectivity index (χ1n) is 5.89. The molecule has 0 atom stereocenters. The fourth-order valence-corrected chi connectivity index (χ4v) is 2.20. The smallest absolute Gasteiger partial charge is 0.0402 e. The molecule has 0 amide bonds. The van der Waals surface area contributed by atoms with Gasteiger partial charge in [0.15, 0.2) is 0 Å². The molecule has 1 heteroatoms. The van der Waals surface area contributed by atoms with Gasteiger partial charge in [-0.25, -0.2) is 0 Å². The predicted octanol–water partition coefficient (Wildman–Crippen LogP) is 5.07. The van der Waals surface area contributed by atoms with E-state index in [1.807, 2.05) is 25.2 Å². The van der Waals surface area contributed by atoms with E-state index in [0.29, 0.717) is 0 Å². The molecule has 0 N–H and O–H groups in total. The first-order valence-corrected chi connectivity index (χ1v) is 6.27. The van der Waals surface area contributed by atoms with E-state index in [-0.39, 0.29) is 0 Å². The summed E-state index contributed by atoms with van der Waals surface area (Å²) in [5, 5.41) is 0.804. The van der Waals surface area contributed by atoms with Gasteiger partial charge in [-0.3, -0.25) is 0 Å². The molecular formula is C14H21Cl. The van der Waals surface area contributed by atoms with E-state index in [4.69, 9.17) is 11.6 Å². The van der Waals surface area contributed by atoms with Gasteiger partial charge in [0.25, 0.3) is 0 Å². The van der Waals surface area contributed by atoms with Crippen molar-refractivity contribution in [2.24, 2.45) is 11.8 Å². The Bertz CT molecular complexity index is 253. The highest BCUT2D eigenvalue weighted by atomic mass is 35.5. The molecular weight excluding hydrogens is 204 g/mol. The van der Waals surface area contributed by atoms with Crippen LogP contribution in [0.3, 0.4) is 0 Å². The van der Waals surface area contributed by atoms with Gasteiger partial charge in [0.2, 0.25) is 0 Å². The zero-order valence-corrected chi connectivity index (χ0v) is 10.5. The summed E-state index contributed by atoms with van der Waals surface area (Å²) < 4.78 is 0. The highest BCUT2D eigenvalue weighted by Crippen LogP contribution is 2.28. The summed E-state index contributed by atoms with van der Waals surface area (Å²) in [5.41, 5.74) is 0. The molecule has 0 aliphatic heterocycles. The van der Waals surface area contributed by atoms with E-state index in [2.05, 4.69) is 19.1 Å². The first-order chi connectivity index (χ1) is 7.22. The highest BCUT2D eigenvalue weighted by Gasteiger charge is 2.15. The molecule has 1 aliphatic carbocycles. The Morgan fingerprint density at radius 1 is 1.20 bits per heavy atom. The Balaban J connectivity index is 2.35. The average Bonchev–Trinajstić information content (AvgIpc) is 2.21. The normalized spacial score (nSPS) is 29.1. The third-order valence-corrected chi connectivity index (χ3v) is 3.28. The summed E-state index contributed by atoms with van der Waals surface area (Å²) in [4.78, 5) is 0. The Morgan fingerprint density at radius 3 is 2.47 bits per heavy atom. The van der Waals surface area contributed by atoms with Crippen molar-refractivity contribution in [3.05, 3.63) is 35.4 Å². The molecule has 0 bridgehead atoms. The highest BCUT2D eigenvalue weighted by molar-refractivity contribution is 6.31. The van der Waals surface area contributed by atoms with Crippen LogP contribution in [0, 0.1) is 11.8 Å². The lowest BCUT2D eigenvalue weighted by molar-refractivity contribution is 0.330. The van der Waals surface area contributed by atoms with Crippen LogP contribution in [-0.2, 0) is 0 Å². The molecule has 15 heavy (non-hydrogen) atoms. The Kier molecular flexibility index (Phi) is 5.78. The maximum Gasteiger partial charge on any atom is 0.0402 e. The second-order valence-corrected chi connectivity index (χ2v) is 4.89. The summed E-state index contributed by atoms with van der Waals surface area (Å²) in [6.45, 7) is 4.32. The van der Waals surface area contributed by atoms with E-state index < -0.39 is 0 Å². The van der Waals surface area contributed by atoms with Crippen LogP contribution in [0.1, 0.15) is 39.5 Å². The predicted molar refractivity (Wildman–Crippen MR) is 69.0 cm³/mol. The van der Waals surface area contributed by atoms with Gasteiger partial charge < -0.3 is 0 Å². The molecule has 0 aromatic carbocycles. The van der Waals surface area contributed by atoms with Crippen LogP contribution in [0.2, 0.25) is 0 Å². The molecule has 1 rings (SSSR count). The van der Waals surface area contributed by atoms with Gasteiger partial charge in [-0.05, 0) is 43.8 Å². The average molecular weight is 225 g/mol. The molecule has 0 radical (unpaired) electrons. The molecule has 0 aromatic rings. The molecule has 0 unspecified atom stereocenters. The maximum atomic E-state index is 5.94. The summed E-state index contributed by atoms with van der Waals surface area (Å²) in [5.74, 6) is 1.70. The molecule has 84 valence electrons. The van der Waals surface area contributed by atoms with Crippen LogP contribution < -0.4 is 0 Å². The van der Waals surface area contributed by atoms with Crippen molar-refractivity contribution < 1.29 is 0 Å². The van der Waals surface area contributed by atoms with Gasteiger partial charge in [0, 0.05) is 5.03 Å². The molecule has 0 saturated heterocycles. The fraction of sp³-hybridized carbons (Fsp3) is 0.571. The van der Waals surface area contributed by atoms with Crippen molar-refractivity contribution in [1.29, 1.82) is 0 Å². The van der Waals surface area contributed by atoms with E-state index >= 15 is 0 Å². The van der Waals surface area contributed by atoms with Crippen molar-refractivity contribution in [3.63, 3.8) is 0 Å². The SMILES string of the molecule is C\C=C/C(Cl)=C\C=C\C1CCC(C)CC1. The van der Waals surface area contributed by atoms with Crippen molar-refractivity contribution in [2.45, 2.75) is 39.5 Å². The van der Waals surface area contributed by atoms with Crippen LogP contribution in [-0.4, -0.2) is 0 Å². The number of rotatable bonds is 3. The number of halogens is 1. The van der Waals surface area contributed by atoms with E-state index in [1.165, 1.54) is 25.7 Å². The quantitative estimate of drug-likeness (QED) is 0.588. The summed E-state index contributed by atoms with van der Waals surface area (Å²) in [6, 6.07) is 0. The Morgan fingerprint density at radius 2 is 1.87 bits per heavy atom. The van der Waals surface area contributed by atoms with Crippen LogP contribution in [0.25, 0.3) is 0 Å². The molecule has 1 aliphatic rings. The van der Waals surface area contributed by atoms with Crippen LogP contribution in [0.5, 0.6) is 0 Å². The van der Waals surface area contributed by atoms with Gasteiger partial charge in [0.1, 0.15) is 0 Å². The van der Waals surface area contributed by atoms with Crippen molar-refractivity contribution in [2.75, 3.05) is 0 Å². The molecule has 0 nitrogen and oxygen atoms in total. The maximum absolute atomic E-state index is 5.94. The second kappa shape index (κ2) is 6.90. The van der Waals surface area contributed by atoms with Crippen LogP contribution in [0.4, 0.5) is 0 Å². The lowest BCUT2D eigenvalue weighted by Crippen LogP contribution is -2.09. The van der Waals surface area contributed by atoms with Gasteiger partial charge in [-0.2, -0.15) is 0 Å². The zero-order valence-electron chi connectivity index (χ0n) is 9.75. The summed E-state index contributed by atoms with van der Waals surface area (Å²) >= 11 is 5.94. The fourth-order valence-electron chi connectivity index (χ4n) is 2.00. The molecule has 0 heterocycles. The number of allylic oxidation sites excluding steroid dienone is 6. The molecule has 0 aromatic heterocycles. The minimum atomic E-state index is 0.771. The van der Waals surface area contributed by atoms with Gasteiger partial charge in [-0.1, -0.05) is 49.6 Å². The van der Waals surface area contributed by atoms with Crippen LogP contribution in [0.15, 0.2) is 35.4 Å². The van der Waals surface area contributed by atoms with Gasteiger partial charge >= 0.3 is 0 Å². The largest absolute Gasteiger partial charge is 0.0862 e. The molecule has 0 spiro atoms. The van der Waals surface area contributed by atoms with Crippen molar-refractivity contribution >= 4 is 11.6 Å². The van der Waals surface area contributed by atoms with Gasteiger partial charge in [0.05, 0.1) is 0 Å². The summed E-state index contributed by atoms with van der Waals surface area (Å²) in [7, 11) is 0. The third-order valence-electron chi connectivity index (χ3n) is 3.03. The lowest BCUT2D eigenvalue weighted by Gasteiger charge is -2.23. The zero-order chi connectivity index (χ0) is 11.1. The molecule has 1 fully saturated rings. The monoisotopic (exact) mass is 224 g/mol. The van der Waals surface area contributed by atoms with E-state index in [0.717, 1.165) is 16.9 Å². The van der Waals surface area contributed by atoms with E-state index in [9.17, 15) is 0 Å². The minimum Gasteiger partial charge on any atom is -0.0862 e. The van der Waals surface area contributed by atoms with Crippen LogP contribution >= 0.6 is 11.6 Å². The Labute approximate surface area is 98.7 Å².